The fourth-order valence-corrected chi connectivity index (χ4v) is 22.6. The molecule has 0 N–H and O–H groups in total. The molecular formula is C108H68N4S4. The van der Waals surface area contributed by atoms with Crippen LogP contribution >= 0.6 is 45.3 Å². The number of aromatic nitrogens is 2. The predicted octanol–water partition coefficient (Wildman–Crippen LogP) is 32.6. The number of hydrogen-bond acceptors (Lipinski definition) is 6. The van der Waals surface area contributed by atoms with Crippen LogP contribution in [0.15, 0.2) is 413 Å². The van der Waals surface area contributed by atoms with Crippen LogP contribution in [0.1, 0.15) is 0 Å². The van der Waals surface area contributed by atoms with E-state index in [1.54, 1.807) is 0 Å². The van der Waals surface area contributed by atoms with Crippen LogP contribution in [0.4, 0.5) is 34.1 Å². The molecule has 24 rings (SSSR count). The van der Waals surface area contributed by atoms with E-state index in [0.717, 1.165) is 45.5 Å². The van der Waals surface area contributed by atoms with Crippen LogP contribution in [0.2, 0.25) is 0 Å². The van der Waals surface area contributed by atoms with Gasteiger partial charge in [0, 0.05) is 148 Å². The number of fused-ring (bicyclic) bond motifs is 18. The minimum Gasteiger partial charge on any atom is -0.310 e. The number of benzene rings is 18. The van der Waals surface area contributed by atoms with Gasteiger partial charge in [-0.2, -0.15) is 0 Å². The van der Waals surface area contributed by atoms with Crippen molar-refractivity contribution in [2.24, 2.45) is 0 Å². The van der Waals surface area contributed by atoms with E-state index in [1.165, 1.54) is 169 Å². The molecule has 0 bridgehead atoms. The molecule has 6 heterocycles. The van der Waals surface area contributed by atoms with Crippen molar-refractivity contribution in [1.82, 2.24) is 9.13 Å². The van der Waals surface area contributed by atoms with Crippen molar-refractivity contribution in [1.29, 1.82) is 0 Å². The molecule has 0 saturated carbocycles. The lowest BCUT2D eigenvalue weighted by Crippen LogP contribution is -2.10. The second kappa shape index (κ2) is 28.0. The number of nitrogens with zero attached hydrogens (tertiary/aromatic N) is 4. The Labute approximate surface area is 685 Å². The molecule has 0 atom stereocenters. The average Bonchev–Trinajstić information content (AvgIpc) is 1.63. The zero-order valence-corrected chi connectivity index (χ0v) is 65.9. The molecule has 8 heteroatoms. The third-order valence-corrected chi connectivity index (χ3v) is 27.8. The molecule has 0 aliphatic rings. The molecular weight excluding hydrogens is 1480 g/mol. The summed E-state index contributed by atoms with van der Waals surface area (Å²) in [6.07, 6.45) is 0. The molecule has 0 amide bonds. The summed E-state index contributed by atoms with van der Waals surface area (Å²) in [5, 5.41) is 15.6. The van der Waals surface area contributed by atoms with E-state index >= 15 is 0 Å². The molecule has 116 heavy (non-hydrogen) atoms. The number of hydrogen-bond donors (Lipinski definition) is 0. The lowest BCUT2D eigenvalue weighted by atomic mass is 9.98. The van der Waals surface area contributed by atoms with Gasteiger partial charge in [-0.15, -0.1) is 45.3 Å². The van der Waals surface area contributed by atoms with Crippen molar-refractivity contribution in [2.75, 3.05) is 9.80 Å². The molecule has 544 valence electrons. The first-order valence-corrected chi connectivity index (χ1v) is 42.6. The lowest BCUT2D eigenvalue weighted by molar-refractivity contribution is 1.17. The Bertz CT molecular complexity index is 7080. The predicted molar refractivity (Wildman–Crippen MR) is 504 cm³/mol. The topological polar surface area (TPSA) is 16.3 Å². The third-order valence-electron chi connectivity index (χ3n) is 23.2. The molecule has 0 aliphatic heterocycles. The van der Waals surface area contributed by atoms with Gasteiger partial charge in [0.25, 0.3) is 0 Å². The smallest absolute Gasteiger partial charge is 0.0541 e. The SMILES string of the molecule is c1cc(N(c2ccc(-c3cccc4sc5ccccc5c34)cc2)c2ccc(-c3cccc4sc5ccccc5c34)cc2)cc(-n2c3ccccc3c3ccccc32)c1.c1cc(N(c2ccc(-c3cccc4sc5ccccc5c34)cc2)c2ccc(-c3cccc4sc5ccccc5c34)cc2)cc(-n2c3ccccc3c3ccccc32)c1. The Balaban J connectivity index is 0.000000137. The molecule has 0 saturated heterocycles. The van der Waals surface area contributed by atoms with Crippen LogP contribution in [0.3, 0.4) is 0 Å². The molecule has 18 aromatic carbocycles. The molecule has 6 aromatic heterocycles. The van der Waals surface area contributed by atoms with Crippen LogP contribution in [-0.2, 0) is 0 Å². The highest BCUT2D eigenvalue weighted by Crippen LogP contribution is 2.49. The summed E-state index contributed by atoms with van der Waals surface area (Å²) in [6.45, 7) is 0. The Morgan fingerprint density at radius 1 is 0.164 bits per heavy atom. The normalized spacial score (nSPS) is 11.8. The van der Waals surface area contributed by atoms with Gasteiger partial charge < -0.3 is 18.9 Å². The highest BCUT2D eigenvalue weighted by atomic mass is 32.1. The van der Waals surface area contributed by atoms with Gasteiger partial charge in [-0.25, -0.2) is 0 Å². The quantitative estimate of drug-likeness (QED) is 0.121. The number of thiophene rings is 4. The zero-order chi connectivity index (χ0) is 76.3. The maximum atomic E-state index is 2.40. The molecule has 0 radical (unpaired) electrons. The molecule has 0 spiro atoms. The zero-order valence-electron chi connectivity index (χ0n) is 62.7. The fraction of sp³-hybridized carbons (Fsp3) is 0. The summed E-state index contributed by atoms with van der Waals surface area (Å²) in [5.41, 5.74) is 23.5. The van der Waals surface area contributed by atoms with Gasteiger partial charge in [-0.05, 0) is 202 Å². The van der Waals surface area contributed by atoms with Crippen LogP contribution < -0.4 is 9.80 Å². The highest BCUT2D eigenvalue weighted by Gasteiger charge is 2.23. The summed E-state index contributed by atoms with van der Waals surface area (Å²) in [5.74, 6) is 0. The van der Waals surface area contributed by atoms with Crippen LogP contribution in [-0.4, -0.2) is 9.13 Å². The first-order valence-electron chi connectivity index (χ1n) is 39.3. The number of rotatable bonds is 12. The van der Waals surface area contributed by atoms with Gasteiger partial charge in [-0.3, -0.25) is 0 Å². The monoisotopic (exact) mass is 1550 g/mol. The van der Waals surface area contributed by atoms with E-state index in [9.17, 15) is 0 Å². The van der Waals surface area contributed by atoms with Crippen molar-refractivity contribution in [3.05, 3.63) is 413 Å². The van der Waals surface area contributed by atoms with Crippen LogP contribution in [0.25, 0.3) is 180 Å². The maximum Gasteiger partial charge on any atom is 0.0541 e. The van der Waals surface area contributed by atoms with Gasteiger partial charge in [0.05, 0.1) is 22.1 Å². The highest BCUT2D eigenvalue weighted by molar-refractivity contribution is 7.27. The van der Waals surface area contributed by atoms with E-state index in [-0.39, 0.29) is 0 Å². The van der Waals surface area contributed by atoms with Crippen molar-refractivity contribution in [3.8, 4) is 55.9 Å². The Morgan fingerprint density at radius 2 is 0.379 bits per heavy atom. The summed E-state index contributed by atoms with van der Waals surface area (Å²) < 4.78 is 15.4. The van der Waals surface area contributed by atoms with Gasteiger partial charge in [0.15, 0.2) is 0 Å². The van der Waals surface area contributed by atoms with Crippen molar-refractivity contribution in [2.45, 2.75) is 0 Å². The van der Waals surface area contributed by atoms with Gasteiger partial charge in [-0.1, -0.05) is 255 Å². The summed E-state index contributed by atoms with van der Waals surface area (Å²) >= 11 is 7.46. The number of para-hydroxylation sites is 4. The van der Waals surface area contributed by atoms with Crippen LogP contribution in [0.5, 0.6) is 0 Å². The summed E-state index contributed by atoms with van der Waals surface area (Å²) in [7, 11) is 0. The molecule has 24 aromatic rings. The Kier molecular flexibility index (Phi) is 16.3. The maximum absolute atomic E-state index is 2.40. The van der Waals surface area contributed by atoms with Gasteiger partial charge >= 0.3 is 0 Å². The van der Waals surface area contributed by atoms with E-state index in [4.69, 9.17) is 0 Å². The number of anilines is 6. The van der Waals surface area contributed by atoms with Crippen molar-refractivity contribution < 1.29 is 0 Å². The standard InChI is InChI=1S/2C54H34N2S2/c2*1-5-20-47-43(14-1)44-15-2-6-21-48(44)56(47)40-13-9-12-39(34-40)55(37-30-26-35(27-31-37)41-18-10-24-51-53(41)45-16-3-7-22-49(45)57-51)38-32-28-36(29-33-38)42-19-11-25-52-54(42)46-17-4-8-23-50(46)58-52/h2*1-34H. The summed E-state index contributed by atoms with van der Waals surface area (Å²) in [4.78, 5) is 4.79. The molecule has 0 unspecified atom stereocenters. The second-order valence-electron chi connectivity index (χ2n) is 29.7. The van der Waals surface area contributed by atoms with Gasteiger partial charge in [0.1, 0.15) is 0 Å². The van der Waals surface area contributed by atoms with Crippen molar-refractivity contribution >= 4 is 204 Å². The van der Waals surface area contributed by atoms with Crippen molar-refractivity contribution in [3.63, 3.8) is 0 Å². The first kappa shape index (κ1) is 67.7. The van der Waals surface area contributed by atoms with E-state index in [2.05, 4.69) is 431 Å². The third kappa shape index (κ3) is 11.3. The lowest BCUT2D eigenvalue weighted by Gasteiger charge is -2.27. The minimum atomic E-state index is 1.09. The van der Waals surface area contributed by atoms with Gasteiger partial charge in [0.2, 0.25) is 0 Å². The average molecular weight is 1550 g/mol. The Morgan fingerprint density at radius 3 is 0.638 bits per heavy atom. The molecule has 0 fully saturated rings. The summed E-state index contributed by atoms with van der Waals surface area (Å²) in [6, 6.07) is 151. The first-order chi connectivity index (χ1) is 57.5. The fourth-order valence-electron chi connectivity index (χ4n) is 18.1. The molecule has 0 aliphatic carbocycles. The van der Waals surface area contributed by atoms with Crippen LogP contribution in [0, 0.1) is 0 Å². The van der Waals surface area contributed by atoms with E-state index < -0.39 is 0 Å². The molecule has 4 nitrogen and oxygen atoms in total. The largest absolute Gasteiger partial charge is 0.310 e. The van der Waals surface area contributed by atoms with E-state index in [0.29, 0.717) is 0 Å². The Hall–Kier alpha value is -14.0. The second-order valence-corrected chi connectivity index (χ2v) is 34.1. The van der Waals surface area contributed by atoms with E-state index in [1.807, 2.05) is 45.3 Å². The minimum absolute atomic E-state index is 1.09.